The third-order valence-electron chi connectivity index (χ3n) is 16.6. The van der Waals surface area contributed by atoms with Crippen LogP contribution >= 0.6 is 0 Å². The Balaban J connectivity index is 0.819. The van der Waals surface area contributed by atoms with Crippen LogP contribution in [0, 0.1) is 0 Å². The third-order valence-corrected chi connectivity index (χ3v) is 16.6. The van der Waals surface area contributed by atoms with Crippen molar-refractivity contribution in [1.29, 1.82) is 0 Å². The molecule has 1 aliphatic rings. The standard InChI is InChI=1S/C75H52N2/c1-75(2)71-24-14-13-23-66(71)67-42-40-60(48-72(67)75)76(57-34-25-51(26-35-57)49-15-5-3-6-16-49)58-36-27-53(28-37-58)56-33-44-74-70(47-56)69-46-55(50-17-7-4-8-18-50)32-43-73(69)77(74)59-38-29-52(30-39-59)54-31-41-65-63-21-10-9-19-61(63)62-20-11-12-22-64(62)68(65)45-54/h3-48H,1-2H3. The van der Waals surface area contributed by atoms with Gasteiger partial charge in [-0.25, -0.2) is 0 Å². The van der Waals surface area contributed by atoms with Crippen molar-refractivity contribution in [2.24, 2.45) is 0 Å². The fraction of sp³-hybridized carbons (Fsp3) is 0.0400. The van der Waals surface area contributed by atoms with E-state index in [4.69, 9.17) is 0 Å². The fourth-order valence-corrected chi connectivity index (χ4v) is 12.7. The van der Waals surface area contributed by atoms with E-state index in [9.17, 15) is 0 Å². The Morgan fingerprint density at radius 1 is 0.260 bits per heavy atom. The van der Waals surface area contributed by atoms with Crippen molar-refractivity contribution in [3.8, 4) is 61.3 Å². The number of aromatic nitrogens is 1. The van der Waals surface area contributed by atoms with Crippen LogP contribution in [-0.2, 0) is 5.41 Å². The molecule has 15 rings (SSSR count). The van der Waals surface area contributed by atoms with Crippen molar-refractivity contribution in [3.63, 3.8) is 0 Å². The molecule has 1 heterocycles. The van der Waals surface area contributed by atoms with E-state index in [2.05, 4.69) is 302 Å². The summed E-state index contributed by atoms with van der Waals surface area (Å²) >= 11 is 0. The zero-order valence-corrected chi connectivity index (χ0v) is 43.0. The van der Waals surface area contributed by atoms with Crippen LogP contribution in [0.15, 0.2) is 279 Å². The number of hydrogen-bond acceptors (Lipinski definition) is 1. The van der Waals surface area contributed by atoms with E-state index in [1.54, 1.807) is 0 Å². The Labute approximate surface area is 449 Å². The molecular formula is C75H52N2. The number of benzene rings is 13. The Morgan fingerprint density at radius 3 is 1.19 bits per heavy atom. The van der Waals surface area contributed by atoms with Crippen molar-refractivity contribution in [3.05, 3.63) is 290 Å². The Morgan fingerprint density at radius 2 is 0.636 bits per heavy atom. The maximum absolute atomic E-state index is 2.44. The highest BCUT2D eigenvalue weighted by atomic mass is 15.1. The van der Waals surface area contributed by atoms with Crippen LogP contribution in [-0.4, -0.2) is 4.57 Å². The van der Waals surface area contributed by atoms with Crippen molar-refractivity contribution in [2.75, 3.05) is 4.90 Å². The molecule has 0 spiro atoms. The van der Waals surface area contributed by atoms with Crippen LogP contribution in [0.4, 0.5) is 17.1 Å². The van der Waals surface area contributed by atoms with Gasteiger partial charge >= 0.3 is 0 Å². The van der Waals surface area contributed by atoms with E-state index < -0.39 is 0 Å². The van der Waals surface area contributed by atoms with Gasteiger partial charge in [0, 0.05) is 38.9 Å². The van der Waals surface area contributed by atoms with Crippen molar-refractivity contribution in [2.45, 2.75) is 19.3 Å². The molecule has 2 heteroatoms. The van der Waals surface area contributed by atoms with Gasteiger partial charge < -0.3 is 9.47 Å². The Hall–Kier alpha value is -9.76. The van der Waals surface area contributed by atoms with E-state index in [1.165, 1.54) is 121 Å². The molecule has 0 aliphatic heterocycles. The molecule has 1 aromatic heterocycles. The Bertz CT molecular complexity index is 4570. The lowest BCUT2D eigenvalue weighted by molar-refractivity contribution is 0.660. The van der Waals surface area contributed by atoms with Gasteiger partial charge in [-0.2, -0.15) is 0 Å². The van der Waals surface area contributed by atoms with Crippen LogP contribution in [0.25, 0.3) is 115 Å². The quantitative estimate of drug-likeness (QED) is 0.138. The highest BCUT2D eigenvalue weighted by Crippen LogP contribution is 2.51. The van der Waals surface area contributed by atoms with Gasteiger partial charge in [0.25, 0.3) is 0 Å². The second kappa shape index (κ2) is 17.7. The van der Waals surface area contributed by atoms with Crippen LogP contribution in [0.2, 0.25) is 0 Å². The van der Waals surface area contributed by atoms with Crippen LogP contribution < -0.4 is 4.90 Å². The summed E-state index contributed by atoms with van der Waals surface area (Å²) in [6.45, 7) is 4.72. The first kappa shape index (κ1) is 44.7. The number of anilines is 3. The maximum atomic E-state index is 2.44. The highest BCUT2D eigenvalue weighted by Gasteiger charge is 2.36. The summed E-state index contributed by atoms with van der Waals surface area (Å²) in [7, 11) is 0. The fourth-order valence-electron chi connectivity index (χ4n) is 12.7. The molecular weight excluding hydrogens is 929 g/mol. The summed E-state index contributed by atoms with van der Waals surface area (Å²) in [6, 6.07) is 103. The highest BCUT2D eigenvalue weighted by molar-refractivity contribution is 6.25. The minimum atomic E-state index is -0.119. The zero-order chi connectivity index (χ0) is 51.2. The van der Waals surface area contributed by atoms with Crippen molar-refractivity contribution >= 4 is 71.2 Å². The first-order chi connectivity index (χ1) is 37.9. The minimum Gasteiger partial charge on any atom is -0.310 e. The predicted molar refractivity (Wildman–Crippen MR) is 327 cm³/mol. The molecule has 1 aliphatic carbocycles. The molecule has 0 bridgehead atoms. The number of hydrogen-bond donors (Lipinski definition) is 0. The van der Waals surface area contributed by atoms with Crippen LogP contribution in [0.1, 0.15) is 25.0 Å². The molecule has 0 amide bonds. The summed E-state index contributed by atoms with van der Waals surface area (Å²) < 4.78 is 2.44. The molecule has 0 fully saturated rings. The number of nitrogens with zero attached hydrogens (tertiary/aromatic N) is 2. The first-order valence-corrected chi connectivity index (χ1v) is 26.8. The maximum Gasteiger partial charge on any atom is 0.0541 e. The summed E-state index contributed by atoms with van der Waals surface area (Å²) in [4.78, 5) is 2.41. The van der Waals surface area contributed by atoms with Gasteiger partial charge in [0.05, 0.1) is 11.0 Å². The predicted octanol–water partition coefficient (Wildman–Crippen LogP) is 20.7. The lowest BCUT2D eigenvalue weighted by Gasteiger charge is -2.28. The number of rotatable bonds is 8. The van der Waals surface area contributed by atoms with Crippen molar-refractivity contribution < 1.29 is 0 Å². The van der Waals surface area contributed by atoms with Crippen LogP contribution in [0.3, 0.4) is 0 Å². The number of fused-ring (bicyclic) bond motifs is 12. The first-order valence-electron chi connectivity index (χ1n) is 26.8. The molecule has 77 heavy (non-hydrogen) atoms. The molecule has 0 saturated carbocycles. The van der Waals surface area contributed by atoms with Gasteiger partial charge in [-0.05, 0) is 178 Å². The summed E-state index contributed by atoms with van der Waals surface area (Å²) in [5.41, 5.74) is 21.7. The SMILES string of the molecule is CC1(C)c2ccccc2-c2ccc(N(c3ccc(-c4ccccc4)cc3)c3ccc(-c4ccc5c(c4)c4cc(-c6ccccc6)ccc4n5-c4ccc(-c5ccc6c7ccccc7c7ccccc7c6c5)cc4)cc3)cc21. The smallest absolute Gasteiger partial charge is 0.0541 e. The van der Waals surface area contributed by atoms with Crippen molar-refractivity contribution in [1.82, 2.24) is 4.57 Å². The summed E-state index contributed by atoms with van der Waals surface area (Å²) in [6.07, 6.45) is 0. The normalized spacial score (nSPS) is 12.6. The molecule has 362 valence electrons. The molecule has 0 radical (unpaired) electrons. The lowest BCUT2D eigenvalue weighted by Crippen LogP contribution is -2.16. The molecule has 2 nitrogen and oxygen atoms in total. The van der Waals surface area contributed by atoms with E-state index in [0.717, 1.165) is 22.7 Å². The largest absolute Gasteiger partial charge is 0.310 e. The molecule has 0 unspecified atom stereocenters. The molecule has 0 N–H and O–H groups in total. The van der Waals surface area contributed by atoms with E-state index in [1.807, 2.05) is 0 Å². The second-order valence-electron chi connectivity index (χ2n) is 21.3. The monoisotopic (exact) mass is 980 g/mol. The third kappa shape index (κ3) is 7.32. The van der Waals surface area contributed by atoms with Gasteiger partial charge in [0.15, 0.2) is 0 Å². The van der Waals surface area contributed by atoms with E-state index in [0.29, 0.717) is 0 Å². The van der Waals surface area contributed by atoms with Crippen LogP contribution in [0.5, 0.6) is 0 Å². The molecule has 13 aromatic carbocycles. The average molecular weight is 981 g/mol. The summed E-state index contributed by atoms with van der Waals surface area (Å²) in [5, 5.41) is 10.2. The van der Waals surface area contributed by atoms with Gasteiger partial charge in [-0.15, -0.1) is 0 Å². The lowest BCUT2D eigenvalue weighted by atomic mass is 9.82. The van der Waals surface area contributed by atoms with E-state index in [-0.39, 0.29) is 5.41 Å². The topological polar surface area (TPSA) is 8.17 Å². The van der Waals surface area contributed by atoms with Gasteiger partial charge in [0.2, 0.25) is 0 Å². The Kier molecular flexibility index (Phi) is 10.3. The summed E-state index contributed by atoms with van der Waals surface area (Å²) in [5.74, 6) is 0. The van der Waals surface area contributed by atoms with Gasteiger partial charge in [0.1, 0.15) is 0 Å². The second-order valence-corrected chi connectivity index (χ2v) is 21.3. The molecule has 0 atom stereocenters. The zero-order valence-electron chi connectivity index (χ0n) is 43.0. The van der Waals surface area contributed by atoms with E-state index >= 15 is 0 Å². The minimum absolute atomic E-state index is 0.119. The molecule has 0 saturated heterocycles. The van der Waals surface area contributed by atoms with Gasteiger partial charge in [-0.1, -0.05) is 214 Å². The molecule has 14 aromatic rings. The van der Waals surface area contributed by atoms with Gasteiger partial charge in [-0.3, -0.25) is 0 Å². The average Bonchev–Trinajstić information content (AvgIpc) is 4.08.